The number of thioether (sulfide) groups is 1. The van der Waals surface area contributed by atoms with Crippen LogP contribution >= 0.6 is 11.8 Å². The number of carboxylic acids is 1. The molecule has 1 unspecified atom stereocenters. The lowest BCUT2D eigenvalue weighted by atomic mass is 9.87. The van der Waals surface area contributed by atoms with Crippen LogP contribution in [0.25, 0.3) is 0 Å². The number of rotatable bonds is 5. The lowest BCUT2D eigenvalue weighted by molar-refractivity contribution is -0.149. The second kappa shape index (κ2) is 6.31. The molecule has 5 heteroatoms. The van der Waals surface area contributed by atoms with Crippen molar-refractivity contribution in [2.75, 3.05) is 18.8 Å². The highest BCUT2D eigenvalue weighted by Crippen LogP contribution is 2.27. The maximum Gasteiger partial charge on any atom is 0.306 e. The molecule has 1 atom stereocenters. The van der Waals surface area contributed by atoms with Crippen LogP contribution in [-0.2, 0) is 9.59 Å². The SMILES string of the molecule is Cc1ccccc1SCC(=O)N1CC(C(C)C(=O)O)C1. The number of nitrogens with zero attached hydrogens (tertiary/aromatic N) is 1. The van der Waals surface area contributed by atoms with E-state index in [1.165, 1.54) is 5.56 Å². The fraction of sp³-hybridized carbons (Fsp3) is 0.467. The van der Waals surface area contributed by atoms with Gasteiger partial charge in [-0.1, -0.05) is 25.1 Å². The van der Waals surface area contributed by atoms with E-state index in [2.05, 4.69) is 0 Å². The van der Waals surface area contributed by atoms with Crippen molar-refractivity contribution in [3.05, 3.63) is 29.8 Å². The van der Waals surface area contributed by atoms with E-state index in [0.717, 1.165) is 4.90 Å². The fourth-order valence-corrected chi connectivity index (χ4v) is 3.12. The first-order valence-corrected chi connectivity index (χ1v) is 7.66. The molecule has 1 aromatic rings. The van der Waals surface area contributed by atoms with E-state index in [9.17, 15) is 9.59 Å². The minimum absolute atomic E-state index is 0.0899. The molecule has 1 saturated heterocycles. The summed E-state index contributed by atoms with van der Waals surface area (Å²) in [6, 6.07) is 7.99. The van der Waals surface area contributed by atoms with Crippen LogP contribution < -0.4 is 0 Å². The predicted octanol–water partition coefficient (Wildman–Crippen LogP) is 2.27. The van der Waals surface area contributed by atoms with Gasteiger partial charge < -0.3 is 10.0 Å². The molecule has 0 radical (unpaired) electrons. The Morgan fingerprint density at radius 1 is 1.40 bits per heavy atom. The van der Waals surface area contributed by atoms with Crippen LogP contribution in [0.3, 0.4) is 0 Å². The molecular weight excluding hydrogens is 274 g/mol. The van der Waals surface area contributed by atoms with E-state index < -0.39 is 5.97 Å². The van der Waals surface area contributed by atoms with E-state index in [1.807, 2.05) is 31.2 Å². The molecule has 1 amide bonds. The van der Waals surface area contributed by atoms with Crippen molar-refractivity contribution in [2.45, 2.75) is 18.7 Å². The summed E-state index contributed by atoms with van der Waals surface area (Å²) in [5.41, 5.74) is 1.17. The molecule has 0 aliphatic carbocycles. The van der Waals surface area contributed by atoms with Crippen molar-refractivity contribution in [3.63, 3.8) is 0 Å². The number of carboxylic acid groups (broad SMARTS) is 1. The number of amides is 1. The van der Waals surface area contributed by atoms with Crippen molar-refractivity contribution < 1.29 is 14.7 Å². The highest BCUT2D eigenvalue weighted by Gasteiger charge is 2.36. The number of likely N-dealkylation sites (tertiary alicyclic amines) is 1. The van der Waals surface area contributed by atoms with Gasteiger partial charge in [-0.25, -0.2) is 0 Å². The van der Waals surface area contributed by atoms with Gasteiger partial charge in [0.25, 0.3) is 0 Å². The number of aryl methyl sites for hydroxylation is 1. The van der Waals surface area contributed by atoms with E-state index in [0.29, 0.717) is 18.8 Å². The Morgan fingerprint density at radius 3 is 2.65 bits per heavy atom. The first-order valence-electron chi connectivity index (χ1n) is 6.68. The second-order valence-electron chi connectivity index (χ2n) is 5.24. The van der Waals surface area contributed by atoms with Crippen LogP contribution in [-0.4, -0.2) is 40.7 Å². The summed E-state index contributed by atoms with van der Waals surface area (Å²) in [7, 11) is 0. The molecule has 1 heterocycles. The number of aliphatic carboxylic acids is 1. The molecule has 0 bridgehead atoms. The molecule has 0 saturated carbocycles. The summed E-state index contributed by atoms with van der Waals surface area (Å²) < 4.78 is 0. The molecule has 4 nitrogen and oxygen atoms in total. The molecule has 1 aliphatic rings. The highest BCUT2D eigenvalue weighted by molar-refractivity contribution is 8.00. The Morgan fingerprint density at radius 2 is 2.05 bits per heavy atom. The smallest absolute Gasteiger partial charge is 0.306 e. The van der Waals surface area contributed by atoms with Gasteiger partial charge in [0.15, 0.2) is 0 Å². The van der Waals surface area contributed by atoms with Crippen LogP contribution in [0.5, 0.6) is 0 Å². The molecule has 1 N–H and O–H groups in total. The quantitative estimate of drug-likeness (QED) is 0.846. The average molecular weight is 293 g/mol. The summed E-state index contributed by atoms with van der Waals surface area (Å²) in [6.07, 6.45) is 0. The topological polar surface area (TPSA) is 57.6 Å². The Bertz CT molecular complexity index is 512. The van der Waals surface area contributed by atoms with Crippen molar-refractivity contribution in [2.24, 2.45) is 11.8 Å². The maximum absolute atomic E-state index is 12.0. The lowest BCUT2D eigenvalue weighted by Crippen LogP contribution is -2.54. The zero-order valence-electron chi connectivity index (χ0n) is 11.7. The maximum atomic E-state index is 12.0. The van der Waals surface area contributed by atoms with Gasteiger partial charge in [-0.3, -0.25) is 9.59 Å². The van der Waals surface area contributed by atoms with Gasteiger partial charge in [0.1, 0.15) is 0 Å². The number of benzene rings is 1. The molecule has 0 aromatic heterocycles. The standard InChI is InChI=1S/C15H19NO3S/c1-10-5-3-4-6-13(10)20-9-14(17)16-7-12(8-16)11(2)15(18)19/h3-6,11-12H,7-9H2,1-2H3,(H,18,19). The molecule has 2 rings (SSSR count). The first kappa shape index (κ1) is 14.9. The molecule has 1 aromatic carbocycles. The van der Waals surface area contributed by atoms with Crippen molar-refractivity contribution in [1.82, 2.24) is 4.90 Å². The monoisotopic (exact) mass is 293 g/mol. The van der Waals surface area contributed by atoms with E-state index in [1.54, 1.807) is 23.6 Å². The van der Waals surface area contributed by atoms with E-state index >= 15 is 0 Å². The van der Waals surface area contributed by atoms with Gasteiger partial charge >= 0.3 is 5.97 Å². The second-order valence-corrected chi connectivity index (χ2v) is 6.26. The summed E-state index contributed by atoms with van der Waals surface area (Å²) >= 11 is 1.54. The minimum atomic E-state index is -0.781. The van der Waals surface area contributed by atoms with E-state index in [4.69, 9.17) is 5.11 Å². The number of carbonyl (C=O) groups excluding carboxylic acids is 1. The van der Waals surface area contributed by atoms with Crippen LogP contribution in [0.2, 0.25) is 0 Å². The molecule has 1 aliphatic heterocycles. The van der Waals surface area contributed by atoms with E-state index in [-0.39, 0.29) is 17.7 Å². The Labute approximate surface area is 123 Å². The first-order chi connectivity index (χ1) is 9.49. The number of hydrogen-bond donors (Lipinski definition) is 1. The van der Waals surface area contributed by atoms with Crippen LogP contribution in [0.1, 0.15) is 12.5 Å². The zero-order chi connectivity index (χ0) is 14.7. The van der Waals surface area contributed by atoms with Gasteiger partial charge in [-0.15, -0.1) is 11.8 Å². The molecule has 20 heavy (non-hydrogen) atoms. The van der Waals surface area contributed by atoms with Gasteiger partial charge in [0, 0.05) is 23.9 Å². The molecular formula is C15H19NO3S. The Kier molecular flexibility index (Phi) is 4.70. The van der Waals surface area contributed by atoms with Crippen molar-refractivity contribution >= 4 is 23.6 Å². The third-order valence-electron chi connectivity index (χ3n) is 3.80. The fourth-order valence-electron chi connectivity index (χ4n) is 2.18. The Balaban J connectivity index is 1.78. The highest BCUT2D eigenvalue weighted by atomic mass is 32.2. The average Bonchev–Trinajstić information content (AvgIpc) is 2.35. The van der Waals surface area contributed by atoms with Gasteiger partial charge in [-0.2, -0.15) is 0 Å². The van der Waals surface area contributed by atoms with Gasteiger partial charge in [0.05, 0.1) is 11.7 Å². The third-order valence-corrected chi connectivity index (χ3v) is 4.96. The van der Waals surface area contributed by atoms with Crippen LogP contribution in [0.4, 0.5) is 0 Å². The number of hydrogen-bond acceptors (Lipinski definition) is 3. The van der Waals surface area contributed by atoms with Gasteiger partial charge in [0.2, 0.25) is 5.91 Å². The summed E-state index contributed by atoms with van der Waals surface area (Å²) in [6.45, 7) is 4.87. The summed E-state index contributed by atoms with van der Waals surface area (Å²) in [4.78, 5) is 25.7. The predicted molar refractivity (Wildman–Crippen MR) is 78.8 cm³/mol. The Hall–Kier alpha value is -1.49. The summed E-state index contributed by atoms with van der Waals surface area (Å²) in [5.74, 6) is -0.551. The molecule has 0 spiro atoms. The zero-order valence-corrected chi connectivity index (χ0v) is 12.5. The van der Waals surface area contributed by atoms with Crippen LogP contribution in [0.15, 0.2) is 29.2 Å². The third kappa shape index (κ3) is 3.33. The number of carbonyl (C=O) groups is 2. The summed E-state index contributed by atoms with van der Waals surface area (Å²) in [5, 5.41) is 8.92. The van der Waals surface area contributed by atoms with Gasteiger partial charge in [-0.05, 0) is 18.6 Å². The molecule has 108 valence electrons. The van der Waals surface area contributed by atoms with Crippen molar-refractivity contribution in [1.29, 1.82) is 0 Å². The largest absolute Gasteiger partial charge is 0.481 e. The van der Waals surface area contributed by atoms with Crippen LogP contribution in [0, 0.1) is 18.8 Å². The molecule has 1 fully saturated rings. The lowest BCUT2D eigenvalue weighted by Gasteiger charge is -2.41. The minimum Gasteiger partial charge on any atom is -0.481 e. The van der Waals surface area contributed by atoms with Crippen molar-refractivity contribution in [3.8, 4) is 0 Å². The normalized spacial score (nSPS) is 16.6.